The molecule has 0 atom stereocenters. The Morgan fingerprint density at radius 1 is 0.371 bits per heavy atom. The predicted octanol–water partition coefficient (Wildman–Crippen LogP) is 17.8. The summed E-state index contributed by atoms with van der Waals surface area (Å²) in [6, 6.07) is 70.5. The lowest BCUT2D eigenvalue weighted by Gasteiger charge is -2.57. The molecule has 0 saturated heterocycles. The Bertz CT molecular complexity index is 4020. The highest BCUT2D eigenvalue weighted by molar-refractivity contribution is 7.25. The van der Waals surface area contributed by atoms with E-state index in [9.17, 15) is 0 Å². The molecule has 16 rings (SSSR count). The van der Waals surface area contributed by atoms with Crippen molar-refractivity contribution in [3.05, 3.63) is 200 Å². The van der Waals surface area contributed by atoms with Gasteiger partial charge in [0, 0.05) is 42.1 Å². The first-order valence-electron chi connectivity index (χ1n) is 25.0. The van der Waals surface area contributed by atoms with Crippen molar-refractivity contribution in [1.29, 1.82) is 0 Å². The number of nitrogens with zero attached hydrogens (tertiary/aromatic N) is 3. The van der Waals surface area contributed by atoms with Crippen LogP contribution in [0.4, 0.5) is 0 Å². The quantitative estimate of drug-likeness (QED) is 0.160. The molecule has 0 amide bonds. The largest absolute Gasteiger partial charge is 0.455 e. The second kappa shape index (κ2) is 15.6. The fourth-order valence-electron chi connectivity index (χ4n) is 13.6. The lowest BCUT2D eigenvalue weighted by molar-refractivity contribution is -0.00449. The second-order valence-corrected chi connectivity index (χ2v) is 21.6. The van der Waals surface area contributed by atoms with E-state index in [0.29, 0.717) is 22.9 Å². The molecule has 4 bridgehead atoms. The Morgan fingerprint density at radius 2 is 0.943 bits per heavy atom. The van der Waals surface area contributed by atoms with Crippen molar-refractivity contribution in [3.8, 4) is 67.5 Å². The first-order chi connectivity index (χ1) is 34.6. The summed E-state index contributed by atoms with van der Waals surface area (Å²) in [4.78, 5) is 16.0. The molecule has 70 heavy (non-hydrogen) atoms. The van der Waals surface area contributed by atoms with Gasteiger partial charge >= 0.3 is 0 Å². The van der Waals surface area contributed by atoms with Crippen LogP contribution < -0.4 is 0 Å². The van der Waals surface area contributed by atoms with Crippen molar-refractivity contribution >= 4 is 64.2 Å². The van der Waals surface area contributed by atoms with Crippen LogP contribution >= 0.6 is 11.3 Å². The second-order valence-electron chi connectivity index (χ2n) is 20.5. The van der Waals surface area contributed by atoms with Crippen LogP contribution in [0.1, 0.15) is 44.1 Å². The summed E-state index contributed by atoms with van der Waals surface area (Å²) in [7, 11) is 0. The Labute approximate surface area is 410 Å². The number of hydrogen-bond acceptors (Lipinski definition) is 5. The summed E-state index contributed by atoms with van der Waals surface area (Å²) in [6.45, 7) is 0. The van der Waals surface area contributed by atoms with Gasteiger partial charge in [-0.3, -0.25) is 0 Å². The van der Waals surface area contributed by atoms with Crippen LogP contribution in [-0.2, 0) is 5.41 Å². The zero-order chi connectivity index (χ0) is 45.9. The van der Waals surface area contributed by atoms with Crippen LogP contribution in [0.25, 0.3) is 120 Å². The summed E-state index contributed by atoms with van der Waals surface area (Å²) in [5.41, 5.74) is 13.2. The maximum absolute atomic E-state index is 6.60. The number of fused-ring (bicyclic) bond motifs is 7. The first kappa shape index (κ1) is 40.2. The van der Waals surface area contributed by atoms with Gasteiger partial charge in [0.05, 0.1) is 5.56 Å². The number of hydrogen-bond donors (Lipinski definition) is 0. The summed E-state index contributed by atoms with van der Waals surface area (Å²) < 4.78 is 9.06. The van der Waals surface area contributed by atoms with E-state index in [0.717, 1.165) is 78.6 Å². The molecule has 0 aliphatic heterocycles. The smallest absolute Gasteiger partial charge is 0.167 e. The maximum atomic E-state index is 6.60. The summed E-state index contributed by atoms with van der Waals surface area (Å²) in [5.74, 6) is 4.52. The van der Waals surface area contributed by atoms with Crippen molar-refractivity contribution in [2.24, 2.45) is 17.8 Å². The van der Waals surface area contributed by atoms with E-state index in [1.54, 1.807) is 16.9 Å². The molecular formula is C65H47N3OS. The monoisotopic (exact) mass is 917 g/mol. The summed E-state index contributed by atoms with van der Waals surface area (Å²) in [6.07, 6.45) is 8.48. The zero-order valence-corrected chi connectivity index (χ0v) is 39.4. The molecule has 0 spiro atoms. The fourth-order valence-corrected chi connectivity index (χ4v) is 14.7. The van der Waals surface area contributed by atoms with Crippen molar-refractivity contribution in [1.82, 2.24) is 15.0 Å². The molecule has 4 aliphatic rings. The SMILES string of the molecule is c1ccc(-c2cc(-c3ccc(-c4ccc(C56CC7CC(CC(C7)C5)C6)c5ccccc45)cc3)cc(-c3nc(-c4ccc5c(c4)sc4ccccc45)nc(-c4cccc5c4oc4ccccc45)n3)c2)cc1. The predicted molar refractivity (Wildman–Crippen MR) is 290 cm³/mol. The number of rotatable bonds is 7. The molecule has 12 aromatic rings. The van der Waals surface area contributed by atoms with Gasteiger partial charge in [0.15, 0.2) is 17.5 Å². The van der Waals surface area contributed by atoms with Crippen LogP contribution in [0.5, 0.6) is 0 Å². The highest BCUT2D eigenvalue weighted by atomic mass is 32.1. The molecule has 4 saturated carbocycles. The molecule has 0 radical (unpaired) electrons. The van der Waals surface area contributed by atoms with Gasteiger partial charge in [-0.05, 0) is 154 Å². The molecule has 5 heteroatoms. The number of aromatic nitrogens is 3. The average Bonchev–Trinajstić information content (AvgIpc) is 3.99. The average molecular weight is 918 g/mol. The highest BCUT2D eigenvalue weighted by Crippen LogP contribution is 2.62. The molecule has 0 N–H and O–H groups in total. The van der Waals surface area contributed by atoms with Crippen molar-refractivity contribution in [2.45, 2.75) is 43.9 Å². The lowest BCUT2D eigenvalue weighted by atomic mass is 9.47. The van der Waals surface area contributed by atoms with Gasteiger partial charge in [0.25, 0.3) is 0 Å². The number of para-hydroxylation sites is 2. The molecule has 4 nitrogen and oxygen atoms in total. The molecule has 3 aromatic heterocycles. The fraction of sp³-hybridized carbons (Fsp3) is 0.154. The van der Waals surface area contributed by atoms with Gasteiger partial charge < -0.3 is 4.42 Å². The number of benzene rings is 9. The van der Waals surface area contributed by atoms with Gasteiger partial charge in [-0.15, -0.1) is 11.3 Å². The van der Waals surface area contributed by atoms with Gasteiger partial charge in [0.2, 0.25) is 0 Å². The normalized spacial score (nSPS) is 19.6. The number of thiophene rings is 1. The van der Waals surface area contributed by atoms with Crippen LogP contribution in [0, 0.1) is 17.8 Å². The Balaban J connectivity index is 0.869. The minimum atomic E-state index is 0.339. The van der Waals surface area contributed by atoms with Crippen LogP contribution in [0.15, 0.2) is 199 Å². The topological polar surface area (TPSA) is 51.8 Å². The van der Waals surface area contributed by atoms with E-state index in [1.807, 2.05) is 12.1 Å². The van der Waals surface area contributed by atoms with Crippen LogP contribution in [0.2, 0.25) is 0 Å². The van der Waals surface area contributed by atoms with Gasteiger partial charge in [-0.1, -0.05) is 152 Å². The van der Waals surface area contributed by atoms with E-state index in [1.165, 1.54) is 80.6 Å². The minimum Gasteiger partial charge on any atom is -0.455 e. The van der Waals surface area contributed by atoms with Crippen molar-refractivity contribution in [3.63, 3.8) is 0 Å². The standard InChI is InChI=1S/C65H47N3OS/c1-2-11-42(12-3-1)46-32-47(43-21-23-44(24-22-43)49-27-28-57(51-14-5-4-13-50(49)51)65-36-39-29-40(37-65)31-41(30-39)38-65)34-48(33-46)63-66-62(45-25-26-54-53-16-7-9-20-59(53)70-60(54)35-45)67-64(68-63)56-18-10-17-55-52-15-6-8-19-58(52)69-61(55)56/h1-28,32-35,39-41H,29-31,36-38H2. The Hall–Kier alpha value is -7.73. The maximum Gasteiger partial charge on any atom is 0.167 e. The highest BCUT2D eigenvalue weighted by Gasteiger charge is 2.52. The summed E-state index contributed by atoms with van der Waals surface area (Å²) >= 11 is 1.80. The molecule has 334 valence electrons. The van der Waals surface area contributed by atoms with E-state index in [4.69, 9.17) is 19.4 Å². The molecule has 0 unspecified atom stereocenters. The van der Waals surface area contributed by atoms with Gasteiger partial charge in [-0.25, -0.2) is 15.0 Å². The molecule has 9 aromatic carbocycles. The van der Waals surface area contributed by atoms with E-state index in [-0.39, 0.29) is 0 Å². The van der Waals surface area contributed by atoms with E-state index < -0.39 is 0 Å². The third kappa shape index (κ3) is 6.52. The molecular weight excluding hydrogens is 871 g/mol. The van der Waals surface area contributed by atoms with Crippen LogP contribution in [0.3, 0.4) is 0 Å². The van der Waals surface area contributed by atoms with Crippen molar-refractivity contribution < 1.29 is 4.42 Å². The van der Waals surface area contributed by atoms with Gasteiger partial charge in [0.1, 0.15) is 11.2 Å². The Morgan fingerprint density at radius 3 is 1.71 bits per heavy atom. The molecule has 3 heterocycles. The molecule has 4 fully saturated rings. The third-order valence-electron chi connectivity index (χ3n) is 16.3. The summed E-state index contributed by atoms with van der Waals surface area (Å²) in [5, 5.41) is 7.41. The lowest BCUT2D eigenvalue weighted by Crippen LogP contribution is -2.48. The number of furan rings is 1. The molecule has 4 aliphatic carbocycles. The first-order valence-corrected chi connectivity index (χ1v) is 25.8. The third-order valence-corrected chi connectivity index (χ3v) is 17.4. The van der Waals surface area contributed by atoms with Crippen molar-refractivity contribution in [2.75, 3.05) is 0 Å². The minimum absolute atomic E-state index is 0.339. The van der Waals surface area contributed by atoms with E-state index in [2.05, 4.69) is 182 Å². The Kier molecular flexibility index (Phi) is 8.98. The van der Waals surface area contributed by atoms with Crippen LogP contribution in [-0.4, -0.2) is 15.0 Å². The zero-order valence-electron chi connectivity index (χ0n) is 38.6. The van der Waals surface area contributed by atoms with E-state index >= 15 is 0 Å². The van der Waals surface area contributed by atoms with Gasteiger partial charge in [-0.2, -0.15) is 0 Å².